The van der Waals surface area contributed by atoms with Gasteiger partial charge in [0.1, 0.15) is 12.2 Å². The van der Waals surface area contributed by atoms with Gasteiger partial charge in [0.05, 0.1) is 17.3 Å². The van der Waals surface area contributed by atoms with E-state index in [0.29, 0.717) is 12.8 Å². The third-order valence-electron chi connectivity index (χ3n) is 8.00. The van der Waals surface area contributed by atoms with E-state index in [2.05, 4.69) is 0 Å². The zero-order chi connectivity index (χ0) is 21.6. The molecule has 0 amide bonds. The van der Waals surface area contributed by atoms with E-state index in [1.807, 2.05) is 20.8 Å². The molecule has 0 spiro atoms. The van der Waals surface area contributed by atoms with Crippen LogP contribution in [0.2, 0.25) is 0 Å². The lowest BCUT2D eigenvalue weighted by Crippen LogP contribution is -2.46. The Morgan fingerprint density at radius 2 is 1.87 bits per heavy atom. The van der Waals surface area contributed by atoms with Gasteiger partial charge in [-0.05, 0) is 39.5 Å². The van der Waals surface area contributed by atoms with Gasteiger partial charge in [0.25, 0.3) is 0 Å². The van der Waals surface area contributed by atoms with Gasteiger partial charge in [0.15, 0.2) is 0 Å². The second-order valence-corrected chi connectivity index (χ2v) is 10.1. The highest BCUT2D eigenvalue weighted by molar-refractivity contribution is 5.86. The summed E-state index contributed by atoms with van der Waals surface area (Å²) in [5, 5.41) is 0. The number of methoxy groups -OCH3 is 1. The highest BCUT2D eigenvalue weighted by atomic mass is 16.7. The number of hydrogen-bond donors (Lipinski definition) is 0. The van der Waals surface area contributed by atoms with Gasteiger partial charge < -0.3 is 18.9 Å². The van der Waals surface area contributed by atoms with Gasteiger partial charge in [-0.25, -0.2) is 0 Å². The first kappa shape index (κ1) is 21.6. The number of hydrogen-bond acceptors (Lipinski definition) is 7. The van der Waals surface area contributed by atoms with E-state index >= 15 is 0 Å². The molecule has 7 atom stereocenters. The molecular weight excluding hydrogens is 388 g/mol. The Labute approximate surface area is 178 Å². The van der Waals surface area contributed by atoms with E-state index in [9.17, 15) is 14.4 Å². The van der Waals surface area contributed by atoms with Crippen molar-refractivity contribution in [3.63, 3.8) is 0 Å². The van der Waals surface area contributed by atoms with E-state index < -0.39 is 41.7 Å². The number of ether oxygens (including phenoxy) is 4. The highest BCUT2D eigenvalue weighted by Crippen LogP contribution is 2.59. The summed E-state index contributed by atoms with van der Waals surface area (Å²) in [5.41, 5.74) is -0.623. The molecule has 1 heterocycles. The van der Waals surface area contributed by atoms with Gasteiger partial charge in [-0.15, -0.1) is 0 Å². The molecule has 30 heavy (non-hydrogen) atoms. The van der Waals surface area contributed by atoms with Gasteiger partial charge in [-0.2, -0.15) is 0 Å². The maximum absolute atomic E-state index is 13.2. The van der Waals surface area contributed by atoms with Crippen molar-refractivity contribution in [3.8, 4) is 0 Å². The smallest absolute Gasteiger partial charge is 0.312 e. The van der Waals surface area contributed by atoms with E-state index in [-0.39, 0.29) is 29.7 Å². The number of rotatable bonds is 7. The quantitative estimate of drug-likeness (QED) is 0.353. The van der Waals surface area contributed by atoms with Gasteiger partial charge in [-0.1, -0.05) is 26.2 Å². The van der Waals surface area contributed by atoms with Gasteiger partial charge in [0.2, 0.25) is 6.29 Å². The van der Waals surface area contributed by atoms with Gasteiger partial charge in [-0.3, -0.25) is 14.4 Å². The van der Waals surface area contributed by atoms with Crippen molar-refractivity contribution >= 4 is 17.9 Å². The fourth-order valence-electron chi connectivity index (χ4n) is 5.83. The topological polar surface area (TPSA) is 88.1 Å². The Bertz CT molecular complexity index is 696. The average Bonchev–Trinajstić information content (AvgIpc) is 3.36. The van der Waals surface area contributed by atoms with Crippen LogP contribution in [0.15, 0.2) is 0 Å². The molecule has 168 valence electrons. The summed E-state index contributed by atoms with van der Waals surface area (Å²) in [6.45, 7) is 5.61. The van der Waals surface area contributed by atoms with Crippen LogP contribution >= 0.6 is 0 Å². The predicted octanol–water partition coefficient (Wildman–Crippen LogP) is 3.24. The van der Waals surface area contributed by atoms with Crippen molar-refractivity contribution in [2.75, 3.05) is 7.11 Å². The van der Waals surface area contributed by atoms with Crippen molar-refractivity contribution in [1.82, 2.24) is 0 Å². The van der Waals surface area contributed by atoms with Crippen molar-refractivity contribution in [2.45, 2.75) is 84.2 Å². The zero-order valence-electron chi connectivity index (χ0n) is 18.4. The van der Waals surface area contributed by atoms with Crippen molar-refractivity contribution in [2.24, 2.45) is 35.0 Å². The standard InChI is InChI=1S/C23H34O7/c1-5-23(2,3)22(26)29-18-14-11-13-15(19(24)28-17(13)18)16(14)20(25)30-21(27-4)12-9-7-6-8-10-12/h12-18,21H,5-11H2,1-4H3. The normalized spacial score (nSPS) is 36.5. The van der Waals surface area contributed by atoms with Crippen LogP contribution in [0.1, 0.15) is 65.7 Å². The largest absolute Gasteiger partial charge is 0.458 e. The fraction of sp³-hybridized carbons (Fsp3) is 0.870. The van der Waals surface area contributed by atoms with Crippen LogP contribution in [0, 0.1) is 35.0 Å². The summed E-state index contributed by atoms with van der Waals surface area (Å²) in [4.78, 5) is 38.5. The zero-order valence-corrected chi connectivity index (χ0v) is 18.4. The first-order valence-electron chi connectivity index (χ1n) is 11.4. The van der Waals surface area contributed by atoms with Crippen molar-refractivity contribution in [1.29, 1.82) is 0 Å². The van der Waals surface area contributed by atoms with E-state index in [1.54, 1.807) is 7.11 Å². The van der Waals surface area contributed by atoms with Gasteiger partial charge in [0, 0.05) is 24.9 Å². The molecule has 4 aliphatic rings. The van der Waals surface area contributed by atoms with E-state index in [4.69, 9.17) is 18.9 Å². The monoisotopic (exact) mass is 422 g/mol. The molecule has 7 unspecified atom stereocenters. The van der Waals surface area contributed by atoms with Crippen LogP contribution in [0.4, 0.5) is 0 Å². The van der Waals surface area contributed by atoms with Crippen LogP contribution < -0.4 is 0 Å². The minimum atomic E-state index is -0.634. The molecule has 3 saturated carbocycles. The minimum Gasteiger partial charge on any atom is -0.458 e. The van der Waals surface area contributed by atoms with Crippen LogP contribution in [-0.4, -0.2) is 43.5 Å². The fourth-order valence-corrected chi connectivity index (χ4v) is 5.83. The molecule has 7 nitrogen and oxygen atoms in total. The molecule has 4 rings (SSSR count). The Kier molecular flexibility index (Phi) is 5.86. The number of carbonyl (C=O) groups is 3. The number of fused-ring (bicyclic) bond motifs is 1. The molecule has 0 aromatic carbocycles. The third-order valence-corrected chi connectivity index (χ3v) is 8.00. The molecule has 1 aliphatic heterocycles. The van der Waals surface area contributed by atoms with Crippen LogP contribution in [0.25, 0.3) is 0 Å². The molecule has 4 fully saturated rings. The van der Waals surface area contributed by atoms with Crippen molar-refractivity contribution in [3.05, 3.63) is 0 Å². The average molecular weight is 423 g/mol. The Morgan fingerprint density at radius 1 is 1.17 bits per heavy atom. The van der Waals surface area contributed by atoms with E-state index in [0.717, 1.165) is 25.7 Å². The highest BCUT2D eigenvalue weighted by Gasteiger charge is 2.70. The minimum absolute atomic E-state index is 0.0849. The summed E-state index contributed by atoms with van der Waals surface area (Å²) in [6.07, 6.45) is 5.04. The SMILES string of the molecule is CCC(C)(C)C(=O)OC1C2CC3C1OC(=O)C3C2C(=O)OC(OC)C1CCCCC1. The number of esters is 3. The Morgan fingerprint density at radius 3 is 2.50 bits per heavy atom. The summed E-state index contributed by atoms with van der Waals surface area (Å²) in [7, 11) is 1.56. The van der Waals surface area contributed by atoms with Crippen molar-refractivity contribution < 1.29 is 33.3 Å². The molecular formula is C23H34O7. The van der Waals surface area contributed by atoms with E-state index in [1.165, 1.54) is 6.42 Å². The Hall–Kier alpha value is -1.63. The second kappa shape index (κ2) is 8.13. The van der Waals surface area contributed by atoms with Crippen LogP contribution in [-0.2, 0) is 33.3 Å². The first-order chi connectivity index (χ1) is 14.3. The van der Waals surface area contributed by atoms with Crippen LogP contribution in [0.5, 0.6) is 0 Å². The Balaban J connectivity index is 1.49. The second-order valence-electron chi connectivity index (χ2n) is 10.1. The summed E-state index contributed by atoms with van der Waals surface area (Å²) in [5.74, 6) is -2.37. The summed E-state index contributed by atoms with van der Waals surface area (Å²) < 4.78 is 22.7. The molecule has 0 aromatic heterocycles. The lowest BCUT2D eigenvalue weighted by atomic mass is 9.78. The molecule has 7 heteroatoms. The maximum atomic E-state index is 13.2. The third kappa shape index (κ3) is 3.53. The van der Waals surface area contributed by atoms with Gasteiger partial charge >= 0.3 is 17.9 Å². The molecule has 3 aliphatic carbocycles. The lowest BCUT2D eigenvalue weighted by Gasteiger charge is -2.34. The summed E-state index contributed by atoms with van der Waals surface area (Å²) >= 11 is 0. The molecule has 1 saturated heterocycles. The summed E-state index contributed by atoms with van der Waals surface area (Å²) in [6, 6.07) is 0. The van der Waals surface area contributed by atoms with Crippen LogP contribution in [0.3, 0.4) is 0 Å². The maximum Gasteiger partial charge on any atom is 0.312 e. The molecule has 0 N–H and O–H groups in total. The predicted molar refractivity (Wildman–Crippen MR) is 106 cm³/mol. The molecule has 2 bridgehead atoms. The first-order valence-corrected chi connectivity index (χ1v) is 11.4. The molecule has 0 radical (unpaired) electrons. The molecule has 0 aromatic rings. The number of carbonyl (C=O) groups excluding carboxylic acids is 3. The lowest BCUT2D eigenvalue weighted by molar-refractivity contribution is -0.198.